The van der Waals surface area contributed by atoms with Crippen molar-refractivity contribution in [2.45, 2.75) is 45.6 Å². The van der Waals surface area contributed by atoms with Gasteiger partial charge in [0, 0.05) is 25.2 Å². The Bertz CT molecular complexity index is 691. The molecule has 2 heterocycles. The Kier molecular flexibility index (Phi) is 5.59. The van der Waals surface area contributed by atoms with Crippen LogP contribution in [0.25, 0.3) is 0 Å². The molecular formula is C20H26N2O4. The van der Waals surface area contributed by atoms with Gasteiger partial charge in [-0.1, -0.05) is 32.0 Å². The number of anilines is 1. The van der Waals surface area contributed by atoms with Gasteiger partial charge in [-0.2, -0.15) is 0 Å². The van der Waals surface area contributed by atoms with Crippen LogP contribution in [0.1, 0.15) is 38.7 Å². The minimum absolute atomic E-state index is 0.0459. The first-order chi connectivity index (χ1) is 12.5. The Morgan fingerprint density at radius 1 is 1.23 bits per heavy atom. The first-order valence-electron chi connectivity index (χ1n) is 9.34. The molecule has 0 aliphatic carbocycles. The Morgan fingerprint density at radius 2 is 2.00 bits per heavy atom. The quantitative estimate of drug-likeness (QED) is 0.836. The van der Waals surface area contributed by atoms with E-state index in [1.807, 2.05) is 38.1 Å². The van der Waals surface area contributed by atoms with Crippen LogP contribution in [0.2, 0.25) is 0 Å². The highest BCUT2D eigenvalue weighted by atomic mass is 16.5. The van der Waals surface area contributed by atoms with Crippen LogP contribution in [0, 0.1) is 11.8 Å². The number of ether oxygens (including phenoxy) is 1. The van der Waals surface area contributed by atoms with Crippen LogP contribution < -0.4 is 10.2 Å². The average molecular weight is 358 g/mol. The molecule has 140 valence electrons. The maximum absolute atomic E-state index is 13.2. The van der Waals surface area contributed by atoms with E-state index in [9.17, 15) is 14.4 Å². The van der Waals surface area contributed by atoms with Gasteiger partial charge in [0.15, 0.2) is 6.10 Å². The molecule has 0 spiro atoms. The van der Waals surface area contributed by atoms with E-state index in [-0.39, 0.29) is 30.2 Å². The highest BCUT2D eigenvalue weighted by Crippen LogP contribution is 2.29. The Balaban J connectivity index is 1.73. The van der Waals surface area contributed by atoms with Crippen LogP contribution in [0.3, 0.4) is 0 Å². The molecular weight excluding hydrogens is 332 g/mol. The number of hydrogen-bond acceptors (Lipinski definition) is 4. The summed E-state index contributed by atoms with van der Waals surface area (Å²) in [6, 6.07) is 7.88. The van der Waals surface area contributed by atoms with E-state index in [0.717, 1.165) is 24.1 Å². The largest absolute Gasteiger partial charge is 0.452 e. The molecule has 26 heavy (non-hydrogen) atoms. The summed E-state index contributed by atoms with van der Waals surface area (Å²) in [5.41, 5.74) is 2.06. The van der Waals surface area contributed by atoms with Crippen molar-refractivity contribution in [1.82, 2.24) is 5.32 Å². The van der Waals surface area contributed by atoms with Crippen LogP contribution in [0.4, 0.5) is 5.69 Å². The molecule has 0 aromatic heterocycles. The zero-order valence-corrected chi connectivity index (χ0v) is 15.4. The van der Waals surface area contributed by atoms with Gasteiger partial charge in [-0.15, -0.1) is 0 Å². The average Bonchev–Trinajstić information content (AvgIpc) is 2.65. The monoisotopic (exact) mass is 358 g/mol. The van der Waals surface area contributed by atoms with E-state index in [2.05, 4.69) is 5.32 Å². The summed E-state index contributed by atoms with van der Waals surface area (Å²) in [5, 5.41) is 2.69. The number of esters is 1. The highest BCUT2D eigenvalue weighted by Gasteiger charge is 2.35. The van der Waals surface area contributed by atoms with Crippen LogP contribution in [0.15, 0.2) is 24.3 Å². The molecule has 3 rings (SSSR count). The van der Waals surface area contributed by atoms with Gasteiger partial charge in [-0.3, -0.25) is 14.4 Å². The number of carbonyl (C=O) groups is 3. The fourth-order valence-electron chi connectivity index (χ4n) is 3.54. The molecule has 6 heteroatoms. The zero-order chi connectivity index (χ0) is 18.7. The number of carbonyl (C=O) groups excluding carboxylic acids is 3. The number of piperidine rings is 1. The van der Waals surface area contributed by atoms with Gasteiger partial charge in [0.2, 0.25) is 5.91 Å². The first kappa shape index (κ1) is 18.4. The van der Waals surface area contributed by atoms with Gasteiger partial charge >= 0.3 is 5.97 Å². The number of hydrogen-bond donors (Lipinski definition) is 1. The molecule has 1 N–H and O–H groups in total. The highest BCUT2D eigenvalue weighted by molar-refractivity contribution is 5.99. The number of fused-ring (bicyclic) bond motifs is 1. The molecule has 0 bridgehead atoms. The minimum atomic E-state index is -0.814. The Morgan fingerprint density at radius 3 is 2.69 bits per heavy atom. The van der Waals surface area contributed by atoms with Crippen molar-refractivity contribution in [3.63, 3.8) is 0 Å². The van der Waals surface area contributed by atoms with E-state index in [1.165, 1.54) is 0 Å². The number of rotatable bonds is 4. The zero-order valence-electron chi connectivity index (χ0n) is 15.4. The lowest BCUT2D eigenvalue weighted by molar-refractivity contribution is -0.162. The van der Waals surface area contributed by atoms with E-state index < -0.39 is 12.1 Å². The third-order valence-electron chi connectivity index (χ3n) is 5.07. The smallest absolute Gasteiger partial charge is 0.311 e. The van der Waals surface area contributed by atoms with Crippen LogP contribution in [-0.2, 0) is 25.5 Å². The van der Waals surface area contributed by atoms with Crippen molar-refractivity contribution >= 4 is 23.5 Å². The van der Waals surface area contributed by atoms with E-state index in [4.69, 9.17) is 4.74 Å². The predicted octanol–water partition coefficient (Wildman–Crippen LogP) is 2.06. The maximum atomic E-state index is 13.2. The topological polar surface area (TPSA) is 75.7 Å². The van der Waals surface area contributed by atoms with Crippen LogP contribution in [-0.4, -0.2) is 37.0 Å². The van der Waals surface area contributed by atoms with Crippen molar-refractivity contribution in [1.29, 1.82) is 0 Å². The van der Waals surface area contributed by atoms with Gasteiger partial charge < -0.3 is 15.0 Å². The van der Waals surface area contributed by atoms with Crippen molar-refractivity contribution in [2.75, 3.05) is 18.0 Å². The minimum Gasteiger partial charge on any atom is -0.452 e. The second-order valence-electron chi connectivity index (χ2n) is 7.36. The molecule has 2 amide bonds. The first-order valence-corrected chi connectivity index (χ1v) is 9.34. The number of aryl methyl sites for hydroxylation is 1. The molecule has 2 atom stereocenters. The van der Waals surface area contributed by atoms with E-state index >= 15 is 0 Å². The van der Waals surface area contributed by atoms with Gasteiger partial charge in [0.25, 0.3) is 5.91 Å². The summed E-state index contributed by atoms with van der Waals surface area (Å²) >= 11 is 0. The molecule has 6 nitrogen and oxygen atoms in total. The van der Waals surface area contributed by atoms with Crippen molar-refractivity contribution < 1.29 is 19.1 Å². The third kappa shape index (κ3) is 3.89. The van der Waals surface area contributed by atoms with Crippen LogP contribution in [0.5, 0.6) is 0 Å². The second kappa shape index (κ2) is 7.89. The molecule has 0 saturated carbocycles. The molecule has 1 aromatic carbocycles. The molecule has 0 radical (unpaired) electrons. The molecule has 1 saturated heterocycles. The summed E-state index contributed by atoms with van der Waals surface area (Å²) < 4.78 is 5.64. The lowest BCUT2D eigenvalue weighted by Gasteiger charge is -2.34. The van der Waals surface area contributed by atoms with E-state index in [1.54, 1.807) is 4.90 Å². The summed E-state index contributed by atoms with van der Waals surface area (Å²) in [6.45, 7) is 4.68. The molecule has 1 aromatic rings. The Labute approximate surface area is 153 Å². The number of amides is 2. The number of para-hydroxylation sites is 1. The normalized spacial score (nSPS) is 21.0. The van der Waals surface area contributed by atoms with Gasteiger partial charge in [0.05, 0.1) is 5.92 Å². The van der Waals surface area contributed by atoms with Crippen molar-refractivity contribution in [2.24, 2.45) is 11.8 Å². The summed E-state index contributed by atoms with van der Waals surface area (Å²) in [4.78, 5) is 38.7. The molecule has 1 fully saturated rings. The van der Waals surface area contributed by atoms with Crippen molar-refractivity contribution in [3.8, 4) is 0 Å². The number of nitrogens with one attached hydrogen (secondary N) is 1. The fourth-order valence-corrected chi connectivity index (χ4v) is 3.54. The van der Waals surface area contributed by atoms with Crippen LogP contribution >= 0.6 is 0 Å². The lowest BCUT2D eigenvalue weighted by Crippen LogP contribution is -2.48. The van der Waals surface area contributed by atoms with Gasteiger partial charge in [-0.05, 0) is 36.8 Å². The molecule has 2 aliphatic rings. The Hall–Kier alpha value is -2.37. The number of benzene rings is 1. The standard InChI is InChI=1S/C20H26N2O4/c1-13(2)18(26-20(25)15-9-10-17(23)21-12-15)19(24)22-11-5-7-14-6-3-4-8-16(14)22/h3-4,6,8,13,15,18H,5,7,9-12H2,1-2H3,(H,21,23)/t15-,18+/m0/s1. The fraction of sp³-hybridized carbons (Fsp3) is 0.550. The van der Waals surface area contributed by atoms with Gasteiger partial charge in [0.1, 0.15) is 0 Å². The second-order valence-corrected chi connectivity index (χ2v) is 7.36. The molecule has 0 unspecified atom stereocenters. The predicted molar refractivity (Wildman–Crippen MR) is 97.6 cm³/mol. The summed E-state index contributed by atoms with van der Waals surface area (Å²) in [5.74, 6) is -1.12. The molecule has 2 aliphatic heterocycles. The van der Waals surface area contributed by atoms with E-state index in [0.29, 0.717) is 19.4 Å². The summed E-state index contributed by atoms with van der Waals surface area (Å²) in [6.07, 6.45) is 1.83. The summed E-state index contributed by atoms with van der Waals surface area (Å²) in [7, 11) is 0. The van der Waals surface area contributed by atoms with Gasteiger partial charge in [-0.25, -0.2) is 0 Å². The number of nitrogens with zero attached hydrogens (tertiary/aromatic N) is 1. The SMILES string of the molecule is CC(C)[C@@H](OC(=O)[C@H]1CCC(=O)NC1)C(=O)N1CCCc2ccccc21. The van der Waals surface area contributed by atoms with Crippen molar-refractivity contribution in [3.05, 3.63) is 29.8 Å². The maximum Gasteiger partial charge on any atom is 0.311 e. The lowest BCUT2D eigenvalue weighted by atomic mass is 9.97. The third-order valence-corrected chi connectivity index (χ3v) is 5.07.